The van der Waals surface area contributed by atoms with Gasteiger partial charge in [-0.1, -0.05) is 12.1 Å². The number of fused-ring (bicyclic) bond motifs is 1. The summed E-state index contributed by atoms with van der Waals surface area (Å²) < 4.78 is 7.22. The Kier molecular flexibility index (Phi) is 6.12. The van der Waals surface area contributed by atoms with E-state index in [1.54, 1.807) is 28.4 Å². The Labute approximate surface area is 202 Å². The van der Waals surface area contributed by atoms with Crippen molar-refractivity contribution in [3.05, 3.63) is 75.4 Å². The van der Waals surface area contributed by atoms with Crippen LogP contribution in [0.5, 0.6) is 0 Å². The van der Waals surface area contributed by atoms with Crippen LogP contribution in [-0.2, 0) is 24.8 Å². The van der Waals surface area contributed by atoms with Crippen LogP contribution in [0.1, 0.15) is 44.2 Å². The molecule has 4 aromatic rings. The molecular formula is C25H26N6O2S. The Morgan fingerprint density at radius 1 is 1.26 bits per heavy atom. The predicted octanol–water partition coefficient (Wildman–Crippen LogP) is 4.55. The Bertz CT molecular complexity index is 1320. The topological polar surface area (TPSA) is 94.0 Å². The zero-order valence-electron chi connectivity index (χ0n) is 19.3. The number of amides is 1. The van der Waals surface area contributed by atoms with Crippen molar-refractivity contribution in [3.8, 4) is 11.3 Å². The molecule has 1 unspecified atom stereocenters. The summed E-state index contributed by atoms with van der Waals surface area (Å²) in [6.45, 7) is 5.39. The first-order valence-electron chi connectivity index (χ1n) is 11.2. The first-order chi connectivity index (χ1) is 16.5. The van der Waals surface area contributed by atoms with Crippen LogP contribution in [0, 0.1) is 6.92 Å². The minimum absolute atomic E-state index is 0.0442. The molecule has 4 heterocycles. The number of carbonyl (C=O) groups excluding carboxylic acids is 1. The number of ether oxygens (including phenoxy) is 1. The smallest absolute Gasteiger partial charge is 0.261 e. The van der Waals surface area contributed by atoms with Crippen LogP contribution in [0.2, 0.25) is 0 Å². The molecule has 0 saturated heterocycles. The van der Waals surface area contributed by atoms with Gasteiger partial charge in [0, 0.05) is 36.3 Å². The van der Waals surface area contributed by atoms with Gasteiger partial charge < -0.3 is 15.4 Å². The van der Waals surface area contributed by atoms with Gasteiger partial charge in [0.15, 0.2) is 0 Å². The molecule has 2 N–H and O–H groups in total. The van der Waals surface area contributed by atoms with Crippen LogP contribution in [0.15, 0.2) is 48.9 Å². The van der Waals surface area contributed by atoms with Gasteiger partial charge in [0.25, 0.3) is 5.91 Å². The maximum absolute atomic E-state index is 12.9. The fourth-order valence-electron chi connectivity index (χ4n) is 4.12. The van der Waals surface area contributed by atoms with Gasteiger partial charge in [-0.15, -0.1) is 11.3 Å². The van der Waals surface area contributed by atoms with E-state index in [9.17, 15) is 4.79 Å². The van der Waals surface area contributed by atoms with Crippen molar-refractivity contribution in [2.24, 2.45) is 7.05 Å². The minimum Gasteiger partial charge on any atom is -0.376 e. The van der Waals surface area contributed by atoms with E-state index in [2.05, 4.69) is 44.8 Å². The van der Waals surface area contributed by atoms with Crippen molar-refractivity contribution < 1.29 is 9.53 Å². The SMILES string of the molecule is Cc1cc(-c2ccnc(Nc3cnn(C)c3)n2)ccc1C(C)NC(=O)c1cc2c(s1)CCOC2. The fraction of sp³-hybridized carbons (Fsp3) is 0.280. The van der Waals surface area contributed by atoms with E-state index in [1.807, 2.05) is 38.4 Å². The van der Waals surface area contributed by atoms with Crippen molar-refractivity contribution in [1.82, 2.24) is 25.1 Å². The largest absolute Gasteiger partial charge is 0.376 e. The first kappa shape index (κ1) is 22.2. The summed E-state index contributed by atoms with van der Waals surface area (Å²) in [5, 5.41) is 10.5. The van der Waals surface area contributed by atoms with Crippen LogP contribution in [-0.4, -0.2) is 32.3 Å². The quantitative estimate of drug-likeness (QED) is 0.426. The van der Waals surface area contributed by atoms with Gasteiger partial charge in [0.05, 0.1) is 41.7 Å². The Morgan fingerprint density at radius 3 is 2.91 bits per heavy atom. The van der Waals surface area contributed by atoms with Crippen molar-refractivity contribution in [2.45, 2.75) is 32.9 Å². The van der Waals surface area contributed by atoms with E-state index in [4.69, 9.17) is 4.74 Å². The first-order valence-corrected chi connectivity index (χ1v) is 12.0. The maximum atomic E-state index is 12.9. The molecule has 0 fully saturated rings. The lowest BCUT2D eigenvalue weighted by Gasteiger charge is -2.17. The number of aromatic nitrogens is 4. The fourth-order valence-corrected chi connectivity index (χ4v) is 5.17. The van der Waals surface area contributed by atoms with E-state index < -0.39 is 0 Å². The number of thiophene rings is 1. The number of benzene rings is 1. The lowest BCUT2D eigenvalue weighted by molar-refractivity contribution is 0.0943. The van der Waals surface area contributed by atoms with E-state index >= 15 is 0 Å². The van der Waals surface area contributed by atoms with Gasteiger partial charge in [-0.05, 0) is 48.7 Å². The van der Waals surface area contributed by atoms with Crippen LogP contribution in [0.25, 0.3) is 11.3 Å². The Morgan fingerprint density at radius 2 is 2.15 bits per heavy atom. The second-order valence-electron chi connectivity index (χ2n) is 8.42. The molecule has 9 heteroatoms. The second kappa shape index (κ2) is 9.36. The van der Waals surface area contributed by atoms with Crippen LogP contribution in [0.3, 0.4) is 0 Å². The molecule has 1 aliphatic rings. The summed E-state index contributed by atoms with van der Waals surface area (Å²) in [5.41, 5.74) is 5.93. The summed E-state index contributed by atoms with van der Waals surface area (Å²) in [6.07, 6.45) is 6.21. The molecule has 0 spiro atoms. The van der Waals surface area contributed by atoms with Crippen molar-refractivity contribution >= 4 is 28.9 Å². The molecule has 34 heavy (non-hydrogen) atoms. The summed E-state index contributed by atoms with van der Waals surface area (Å²) in [7, 11) is 1.86. The van der Waals surface area contributed by atoms with Gasteiger partial charge in [-0.25, -0.2) is 9.97 Å². The summed E-state index contributed by atoms with van der Waals surface area (Å²) in [6, 6.07) is 9.90. The third-order valence-corrected chi connectivity index (χ3v) is 7.08. The van der Waals surface area contributed by atoms with Crippen LogP contribution in [0.4, 0.5) is 11.6 Å². The van der Waals surface area contributed by atoms with Crippen molar-refractivity contribution in [2.75, 3.05) is 11.9 Å². The Balaban J connectivity index is 1.30. The van der Waals surface area contributed by atoms with E-state index in [0.717, 1.165) is 51.5 Å². The average Bonchev–Trinajstić information content (AvgIpc) is 3.45. The standard InChI is InChI=1S/C25H26N6O2S/c1-15-10-17(21-6-8-26-25(30-21)29-19-12-27-31(3)13-19)4-5-20(15)16(2)28-24(32)23-11-18-14-33-9-7-22(18)34-23/h4-6,8,10-13,16H,7,9,14H2,1-3H3,(H,28,32)(H,26,29,30). The molecule has 1 aromatic carbocycles. The molecule has 0 saturated carbocycles. The monoisotopic (exact) mass is 474 g/mol. The molecule has 0 bridgehead atoms. The average molecular weight is 475 g/mol. The lowest BCUT2D eigenvalue weighted by atomic mass is 9.98. The highest BCUT2D eigenvalue weighted by molar-refractivity contribution is 7.14. The van der Waals surface area contributed by atoms with Gasteiger partial charge in [-0.3, -0.25) is 9.48 Å². The highest BCUT2D eigenvalue weighted by atomic mass is 32.1. The summed E-state index contributed by atoms with van der Waals surface area (Å²) in [4.78, 5) is 23.8. The third-order valence-electron chi connectivity index (χ3n) is 5.85. The number of carbonyl (C=O) groups is 1. The zero-order chi connectivity index (χ0) is 23.7. The number of anilines is 2. The molecule has 8 nitrogen and oxygen atoms in total. The van der Waals surface area contributed by atoms with Crippen LogP contribution < -0.4 is 10.6 Å². The number of nitrogens with zero attached hydrogens (tertiary/aromatic N) is 4. The minimum atomic E-state index is -0.120. The van der Waals surface area contributed by atoms with Gasteiger partial charge in [0.1, 0.15) is 0 Å². The molecular weight excluding hydrogens is 448 g/mol. The number of hydrogen-bond acceptors (Lipinski definition) is 7. The second-order valence-corrected chi connectivity index (χ2v) is 9.56. The van der Waals surface area contributed by atoms with E-state index in [-0.39, 0.29) is 11.9 Å². The molecule has 3 aromatic heterocycles. The van der Waals surface area contributed by atoms with Gasteiger partial charge in [0.2, 0.25) is 5.95 Å². The summed E-state index contributed by atoms with van der Waals surface area (Å²) in [5.74, 6) is 0.467. The molecule has 174 valence electrons. The molecule has 0 radical (unpaired) electrons. The van der Waals surface area contributed by atoms with Gasteiger partial charge in [-0.2, -0.15) is 5.10 Å². The zero-order valence-corrected chi connectivity index (χ0v) is 20.1. The molecule has 5 rings (SSSR count). The van der Waals surface area contributed by atoms with Gasteiger partial charge >= 0.3 is 0 Å². The predicted molar refractivity (Wildman–Crippen MR) is 132 cm³/mol. The van der Waals surface area contributed by atoms with E-state index in [1.165, 1.54) is 4.88 Å². The molecule has 0 aliphatic carbocycles. The summed E-state index contributed by atoms with van der Waals surface area (Å²) >= 11 is 1.57. The van der Waals surface area contributed by atoms with Crippen LogP contribution >= 0.6 is 11.3 Å². The highest BCUT2D eigenvalue weighted by Crippen LogP contribution is 2.29. The third kappa shape index (κ3) is 4.71. The number of nitrogens with one attached hydrogen (secondary N) is 2. The highest BCUT2D eigenvalue weighted by Gasteiger charge is 2.20. The normalized spacial score (nSPS) is 13.9. The van der Waals surface area contributed by atoms with E-state index in [0.29, 0.717) is 12.6 Å². The number of rotatable bonds is 6. The maximum Gasteiger partial charge on any atom is 0.261 e. The number of hydrogen-bond donors (Lipinski definition) is 2. The van der Waals surface area contributed by atoms with Crippen molar-refractivity contribution in [1.29, 1.82) is 0 Å². The lowest BCUT2D eigenvalue weighted by Crippen LogP contribution is -2.26. The Hall–Kier alpha value is -3.56. The van der Waals surface area contributed by atoms with Crippen molar-refractivity contribution in [3.63, 3.8) is 0 Å². The number of aryl methyl sites for hydroxylation is 2. The molecule has 1 amide bonds. The molecule has 1 aliphatic heterocycles. The molecule has 1 atom stereocenters.